The summed E-state index contributed by atoms with van der Waals surface area (Å²) in [4.78, 5) is 25.2. The van der Waals surface area contributed by atoms with Crippen molar-refractivity contribution in [1.29, 1.82) is 0 Å². The molecule has 1 atom stereocenters. The number of hydrogen-bond acceptors (Lipinski definition) is 5. The summed E-state index contributed by atoms with van der Waals surface area (Å²) in [5, 5.41) is 4.50. The topological polar surface area (TPSA) is 99.9 Å². The van der Waals surface area contributed by atoms with Crippen LogP contribution in [0.2, 0.25) is 0 Å². The molecule has 4 rings (SSSR count). The van der Waals surface area contributed by atoms with E-state index < -0.39 is 5.91 Å². The van der Waals surface area contributed by atoms with E-state index in [4.69, 9.17) is 5.73 Å². The highest BCUT2D eigenvalue weighted by Crippen LogP contribution is 2.32. The SMILES string of the molecule is CN(C)c1ccc(C(CNc2cncc(C(N)=O)n2)c2c[nH]c3ccccc23)cc1. The number of para-hydroxylation sites is 1. The molecule has 0 spiro atoms. The van der Waals surface area contributed by atoms with Crippen LogP contribution in [-0.2, 0) is 0 Å². The average Bonchev–Trinajstić information content (AvgIpc) is 3.18. The van der Waals surface area contributed by atoms with Crippen molar-refractivity contribution in [2.45, 2.75) is 5.92 Å². The number of nitrogens with one attached hydrogen (secondary N) is 2. The third-order valence-electron chi connectivity index (χ3n) is 5.18. The van der Waals surface area contributed by atoms with Crippen molar-refractivity contribution in [3.05, 3.63) is 83.9 Å². The largest absolute Gasteiger partial charge is 0.378 e. The molecule has 0 radical (unpaired) electrons. The number of aromatic nitrogens is 3. The number of anilines is 2. The standard InChI is InChI=1S/C23H24N6O/c1-29(2)16-9-7-15(8-10-16)18(19-12-26-20-6-4-3-5-17(19)20)11-27-22-14-25-13-21(28-22)23(24)30/h3-10,12-14,18,26H,11H2,1-2H3,(H2,24,30)(H,27,28). The van der Waals surface area contributed by atoms with Crippen molar-refractivity contribution in [3.8, 4) is 0 Å². The molecule has 2 aromatic carbocycles. The Kier molecular flexibility index (Phi) is 5.34. The van der Waals surface area contributed by atoms with Gasteiger partial charge in [-0.3, -0.25) is 9.78 Å². The number of primary amides is 1. The zero-order valence-corrected chi connectivity index (χ0v) is 17.0. The number of nitrogens with zero attached hydrogens (tertiary/aromatic N) is 3. The Morgan fingerprint density at radius 2 is 1.90 bits per heavy atom. The molecule has 0 saturated heterocycles. The van der Waals surface area contributed by atoms with E-state index >= 15 is 0 Å². The summed E-state index contributed by atoms with van der Waals surface area (Å²) in [6.07, 6.45) is 5.01. The number of benzene rings is 2. The minimum Gasteiger partial charge on any atom is -0.378 e. The van der Waals surface area contributed by atoms with Gasteiger partial charge in [0.1, 0.15) is 11.5 Å². The lowest BCUT2D eigenvalue weighted by atomic mass is 9.90. The molecular weight excluding hydrogens is 376 g/mol. The van der Waals surface area contributed by atoms with Crippen molar-refractivity contribution in [2.75, 3.05) is 30.9 Å². The normalized spacial score (nSPS) is 11.9. The molecule has 0 aliphatic carbocycles. The molecule has 0 aliphatic heterocycles. The number of hydrogen-bond donors (Lipinski definition) is 3. The first-order valence-corrected chi connectivity index (χ1v) is 9.72. The molecule has 7 nitrogen and oxygen atoms in total. The maximum absolute atomic E-state index is 11.4. The van der Waals surface area contributed by atoms with Gasteiger partial charge in [-0.25, -0.2) is 4.98 Å². The van der Waals surface area contributed by atoms with Crippen LogP contribution in [0, 0.1) is 0 Å². The first-order chi connectivity index (χ1) is 14.5. The van der Waals surface area contributed by atoms with Gasteiger partial charge in [0, 0.05) is 49.3 Å². The molecule has 0 aliphatic rings. The van der Waals surface area contributed by atoms with Crippen molar-refractivity contribution in [3.63, 3.8) is 0 Å². The second-order valence-electron chi connectivity index (χ2n) is 7.36. The zero-order valence-electron chi connectivity index (χ0n) is 17.0. The smallest absolute Gasteiger partial charge is 0.268 e. The van der Waals surface area contributed by atoms with Gasteiger partial charge in [-0.1, -0.05) is 30.3 Å². The summed E-state index contributed by atoms with van der Waals surface area (Å²) in [5.74, 6) is -0.0175. The Hall–Kier alpha value is -3.87. The van der Waals surface area contributed by atoms with E-state index in [2.05, 4.69) is 67.8 Å². The minimum atomic E-state index is -0.599. The molecule has 0 fully saturated rings. The minimum absolute atomic E-state index is 0.0661. The van der Waals surface area contributed by atoms with Crippen LogP contribution in [0.4, 0.5) is 11.5 Å². The van der Waals surface area contributed by atoms with Gasteiger partial charge >= 0.3 is 0 Å². The maximum atomic E-state index is 11.4. The van der Waals surface area contributed by atoms with Crippen LogP contribution >= 0.6 is 0 Å². The summed E-state index contributed by atoms with van der Waals surface area (Å²) in [7, 11) is 4.05. The average molecular weight is 400 g/mol. The van der Waals surface area contributed by atoms with Crippen LogP contribution in [0.3, 0.4) is 0 Å². The van der Waals surface area contributed by atoms with E-state index in [0.717, 1.165) is 11.2 Å². The van der Waals surface area contributed by atoms with E-state index in [0.29, 0.717) is 12.4 Å². The van der Waals surface area contributed by atoms with Crippen LogP contribution < -0.4 is 16.0 Å². The molecule has 1 amide bonds. The van der Waals surface area contributed by atoms with Gasteiger partial charge in [0.25, 0.3) is 5.91 Å². The van der Waals surface area contributed by atoms with Gasteiger partial charge in [-0.15, -0.1) is 0 Å². The van der Waals surface area contributed by atoms with E-state index in [1.807, 2.05) is 26.2 Å². The van der Waals surface area contributed by atoms with E-state index in [9.17, 15) is 4.79 Å². The van der Waals surface area contributed by atoms with Crippen molar-refractivity contribution in [2.24, 2.45) is 5.73 Å². The molecule has 2 heterocycles. The number of H-pyrrole nitrogens is 1. The molecule has 4 N–H and O–H groups in total. The summed E-state index contributed by atoms with van der Waals surface area (Å²) in [6, 6.07) is 16.8. The second kappa shape index (κ2) is 8.24. The summed E-state index contributed by atoms with van der Waals surface area (Å²) in [5.41, 5.74) is 10.1. The molecule has 152 valence electrons. The Labute approximate surface area is 175 Å². The van der Waals surface area contributed by atoms with Gasteiger partial charge in [0.05, 0.1) is 12.4 Å². The molecule has 4 aromatic rings. The first kappa shape index (κ1) is 19.4. The number of rotatable bonds is 7. The predicted molar refractivity (Wildman–Crippen MR) is 120 cm³/mol. The molecule has 1 unspecified atom stereocenters. The number of aromatic amines is 1. The third-order valence-corrected chi connectivity index (χ3v) is 5.18. The van der Waals surface area contributed by atoms with Crippen molar-refractivity contribution in [1.82, 2.24) is 15.0 Å². The Morgan fingerprint density at radius 3 is 2.63 bits per heavy atom. The lowest BCUT2D eigenvalue weighted by Gasteiger charge is -2.20. The lowest BCUT2D eigenvalue weighted by molar-refractivity contribution is 0.0995. The molecule has 2 aromatic heterocycles. The van der Waals surface area contributed by atoms with Crippen molar-refractivity contribution >= 4 is 28.3 Å². The van der Waals surface area contributed by atoms with Crippen LogP contribution in [-0.4, -0.2) is 41.5 Å². The summed E-state index contributed by atoms with van der Waals surface area (Å²) < 4.78 is 0. The molecule has 0 bridgehead atoms. The molecular formula is C23H24N6O. The summed E-state index contributed by atoms with van der Waals surface area (Å²) >= 11 is 0. The quantitative estimate of drug-likeness (QED) is 0.442. The Balaban J connectivity index is 1.68. The lowest BCUT2D eigenvalue weighted by Crippen LogP contribution is -2.18. The maximum Gasteiger partial charge on any atom is 0.268 e. The fraction of sp³-hybridized carbons (Fsp3) is 0.174. The van der Waals surface area contributed by atoms with Gasteiger partial charge in [-0.05, 0) is 29.3 Å². The molecule has 0 saturated carbocycles. The molecule has 30 heavy (non-hydrogen) atoms. The monoisotopic (exact) mass is 400 g/mol. The first-order valence-electron chi connectivity index (χ1n) is 9.72. The van der Waals surface area contributed by atoms with E-state index in [1.165, 1.54) is 22.7 Å². The fourth-order valence-corrected chi connectivity index (χ4v) is 3.57. The zero-order chi connectivity index (χ0) is 21.1. The van der Waals surface area contributed by atoms with Crippen LogP contribution in [0.15, 0.2) is 67.1 Å². The predicted octanol–water partition coefficient (Wildman–Crippen LogP) is 3.37. The summed E-state index contributed by atoms with van der Waals surface area (Å²) in [6.45, 7) is 0.583. The van der Waals surface area contributed by atoms with Crippen molar-refractivity contribution < 1.29 is 4.79 Å². The highest BCUT2D eigenvalue weighted by molar-refractivity contribution is 5.90. The third kappa shape index (κ3) is 3.96. The fourth-order valence-electron chi connectivity index (χ4n) is 3.57. The number of nitrogens with two attached hydrogens (primary N) is 1. The highest BCUT2D eigenvalue weighted by Gasteiger charge is 2.19. The van der Waals surface area contributed by atoms with Crippen LogP contribution in [0.5, 0.6) is 0 Å². The van der Waals surface area contributed by atoms with Crippen LogP contribution in [0.1, 0.15) is 27.5 Å². The molecule has 7 heteroatoms. The Bertz CT molecular complexity index is 1170. The van der Waals surface area contributed by atoms with E-state index in [1.54, 1.807) is 6.20 Å². The Morgan fingerprint density at radius 1 is 1.13 bits per heavy atom. The number of amides is 1. The van der Waals surface area contributed by atoms with Gasteiger partial charge in [-0.2, -0.15) is 0 Å². The van der Waals surface area contributed by atoms with Gasteiger partial charge < -0.3 is 20.9 Å². The van der Waals surface area contributed by atoms with Gasteiger partial charge in [0.2, 0.25) is 0 Å². The number of fused-ring (bicyclic) bond motifs is 1. The van der Waals surface area contributed by atoms with Gasteiger partial charge in [0.15, 0.2) is 0 Å². The number of carbonyl (C=O) groups is 1. The highest BCUT2D eigenvalue weighted by atomic mass is 16.1. The van der Waals surface area contributed by atoms with Crippen LogP contribution in [0.25, 0.3) is 10.9 Å². The van der Waals surface area contributed by atoms with E-state index in [-0.39, 0.29) is 11.6 Å². The second-order valence-corrected chi connectivity index (χ2v) is 7.36. The number of carbonyl (C=O) groups excluding carboxylic acids is 1.